The van der Waals surface area contributed by atoms with E-state index in [2.05, 4.69) is 6.92 Å². The van der Waals surface area contributed by atoms with E-state index in [0.717, 1.165) is 19.4 Å². The molecule has 4 heteroatoms. The first-order chi connectivity index (χ1) is 7.16. The molecule has 15 heavy (non-hydrogen) atoms. The Kier molecular flexibility index (Phi) is 3.26. The molecule has 86 valence electrons. The molecule has 0 bridgehead atoms. The smallest absolute Gasteiger partial charge is 0.236 e. The van der Waals surface area contributed by atoms with Crippen molar-refractivity contribution in [2.45, 2.75) is 38.3 Å². The average molecular weight is 212 g/mol. The molecule has 1 atom stereocenters. The number of carbonyl (C=O) groups is 1. The summed E-state index contributed by atoms with van der Waals surface area (Å²) in [5.74, 6) is 0.231. The van der Waals surface area contributed by atoms with Crippen molar-refractivity contribution in [3.63, 3.8) is 0 Å². The molecular weight excluding hydrogens is 192 g/mol. The quantitative estimate of drug-likeness (QED) is 0.704. The lowest BCUT2D eigenvalue weighted by molar-refractivity contribution is -0.138. The lowest BCUT2D eigenvalue weighted by Crippen LogP contribution is -2.55. The summed E-state index contributed by atoms with van der Waals surface area (Å²) >= 11 is 0. The van der Waals surface area contributed by atoms with Crippen molar-refractivity contribution < 1.29 is 9.90 Å². The maximum Gasteiger partial charge on any atom is 0.236 e. The van der Waals surface area contributed by atoms with Crippen molar-refractivity contribution in [1.82, 2.24) is 9.80 Å². The summed E-state index contributed by atoms with van der Waals surface area (Å²) in [6, 6.07) is 0.400. The number of likely N-dealkylation sites (tertiary alicyclic amines) is 2. The van der Waals surface area contributed by atoms with E-state index in [1.54, 1.807) is 0 Å². The van der Waals surface area contributed by atoms with Gasteiger partial charge in [-0.25, -0.2) is 0 Å². The van der Waals surface area contributed by atoms with Crippen molar-refractivity contribution in [1.29, 1.82) is 0 Å². The second kappa shape index (κ2) is 4.49. The largest absolute Gasteiger partial charge is 0.390 e. The molecule has 4 nitrogen and oxygen atoms in total. The van der Waals surface area contributed by atoms with Gasteiger partial charge in [-0.05, 0) is 26.2 Å². The number of rotatable bonds is 2. The minimum atomic E-state index is -0.212. The summed E-state index contributed by atoms with van der Waals surface area (Å²) in [6.07, 6.45) is 3.30. The lowest BCUT2D eigenvalue weighted by Gasteiger charge is -2.39. The van der Waals surface area contributed by atoms with Crippen LogP contribution in [-0.4, -0.2) is 59.1 Å². The fourth-order valence-corrected chi connectivity index (χ4v) is 2.42. The number of aliphatic hydroxyl groups excluding tert-OH is 1. The number of aliphatic hydroxyl groups is 1. The predicted octanol–water partition coefficient (Wildman–Crippen LogP) is 0.0639. The first kappa shape index (κ1) is 10.9. The zero-order valence-corrected chi connectivity index (χ0v) is 9.35. The molecule has 2 aliphatic heterocycles. The van der Waals surface area contributed by atoms with Gasteiger partial charge in [0.25, 0.3) is 0 Å². The highest BCUT2D eigenvalue weighted by atomic mass is 16.3. The first-order valence-corrected chi connectivity index (χ1v) is 5.86. The monoisotopic (exact) mass is 212 g/mol. The van der Waals surface area contributed by atoms with Crippen LogP contribution < -0.4 is 0 Å². The van der Waals surface area contributed by atoms with Crippen molar-refractivity contribution in [2.75, 3.05) is 26.2 Å². The zero-order valence-electron chi connectivity index (χ0n) is 9.35. The van der Waals surface area contributed by atoms with Crippen LogP contribution in [0.5, 0.6) is 0 Å². The second-order valence-corrected chi connectivity index (χ2v) is 4.78. The van der Waals surface area contributed by atoms with Gasteiger partial charge in [0.05, 0.1) is 12.6 Å². The third kappa shape index (κ3) is 2.49. The van der Waals surface area contributed by atoms with Crippen LogP contribution in [0.4, 0.5) is 0 Å². The molecule has 0 spiro atoms. The van der Waals surface area contributed by atoms with Gasteiger partial charge in [0.15, 0.2) is 0 Å². The molecule has 2 heterocycles. The molecule has 2 fully saturated rings. The maximum absolute atomic E-state index is 11.9. The summed E-state index contributed by atoms with van der Waals surface area (Å²) < 4.78 is 0. The van der Waals surface area contributed by atoms with E-state index in [1.165, 1.54) is 6.42 Å². The molecule has 2 saturated heterocycles. The van der Waals surface area contributed by atoms with Gasteiger partial charge in [0.1, 0.15) is 0 Å². The number of amides is 1. The van der Waals surface area contributed by atoms with E-state index in [0.29, 0.717) is 25.7 Å². The minimum absolute atomic E-state index is 0.212. The predicted molar refractivity (Wildman–Crippen MR) is 57.5 cm³/mol. The minimum Gasteiger partial charge on any atom is -0.390 e. The standard InChI is InChI=1S/C11H20N2O2/c1-9-4-2-3-5-13(9)11(15)8-12-6-10(14)7-12/h9-10,14H,2-8H2,1H3/t9-/m1/s1. The van der Waals surface area contributed by atoms with Crippen molar-refractivity contribution in [3.8, 4) is 0 Å². The molecule has 0 aliphatic carbocycles. The SMILES string of the molecule is C[C@@H]1CCCCN1C(=O)CN1CC(O)C1. The van der Waals surface area contributed by atoms with Crippen LogP contribution >= 0.6 is 0 Å². The van der Waals surface area contributed by atoms with E-state index in [-0.39, 0.29) is 12.0 Å². The Labute approximate surface area is 90.9 Å². The van der Waals surface area contributed by atoms with Gasteiger partial charge in [0.2, 0.25) is 5.91 Å². The summed E-state index contributed by atoms with van der Waals surface area (Å²) in [6.45, 7) is 4.85. The molecule has 0 unspecified atom stereocenters. The van der Waals surface area contributed by atoms with Gasteiger partial charge < -0.3 is 10.0 Å². The Bertz CT molecular complexity index is 239. The summed E-state index contributed by atoms with van der Waals surface area (Å²) in [5.41, 5.74) is 0. The molecule has 0 aromatic heterocycles. The van der Waals surface area contributed by atoms with Crippen molar-refractivity contribution >= 4 is 5.91 Å². The van der Waals surface area contributed by atoms with Crippen LogP contribution in [0, 0.1) is 0 Å². The van der Waals surface area contributed by atoms with Crippen LogP contribution in [0.1, 0.15) is 26.2 Å². The van der Waals surface area contributed by atoms with Gasteiger partial charge in [-0.2, -0.15) is 0 Å². The number of β-amino-alcohol motifs (C(OH)–C–C–N with tert-alkyl or cyclic N) is 1. The van der Waals surface area contributed by atoms with Crippen LogP contribution in [0.3, 0.4) is 0 Å². The van der Waals surface area contributed by atoms with E-state index in [1.807, 2.05) is 9.80 Å². The number of nitrogens with zero attached hydrogens (tertiary/aromatic N) is 2. The fraction of sp³-hybridized carbons (Fsp3) is 0.909. The van der Waals surface area contributed by atoms with Gasteiger partial charge in [-0.3, -0.25) is 9.69 Å². The van der Waals surface area contributed by atoms with E-state index in [4.69, 9.17) is 5.11 Å². The zero-order chi connectivity index (χ0) is 10.8. The van der Waals surface area contributed by atoms with Crippen LogP contribution in [0.2, 0.25) is 0 Å². The number of hydrogen-bond acceptors (Lipinski definition) is 3. The van der Waals surface area contributed by atoms with E-state index < -0.39 is 0 Å². The number of piperidine rings is 1. The summed E-state index contributed by atoms with van der Waals surface area (Å²) in [5, 5.41) is 9.13. The Morgan fingerprint density at radius 2 is 2.13 bits per heavy atom. The Hall–Kier alpha value is -0.610. The second-order valence-electron chi connectivity index (χ2n) is 4.78. The molecule has 2 rings (SSSR count). The highest BCUT2D eigenvalue weighted by molar-refractivity contribution is 5.78. The number of hydrogen-bond donors (Lipinski definition) is 1. The van der Waals surface area contributed by atoms with Crippen LogP contribution in [0.25, 0.3) is 0 Å². The maximum atomic E-state index is 11.9. The number of carbonyl (C=O) groups excluding carboxylic acids is 1. The van der Waals surface area contributed by atoms with Gasteiger partial charge in [0, 0.05) is 25.7 Å². The Balaban J connectivity index is 1.79. The summed E-state index contributed by atoms with van der Waals surface area (Å²) in [4.78, 5) is 15.9. The molecule has 0 aromatic rings. The normalized spacial score (nSPS) is 28.9. The molecule has 1 amide bonds. The molecular formula is C11H20N2O2. The molecule has 1 N–H and O–H groups in total. The first-order valence-electron chi connectivity index (χ1n) is 5.86. The molecule has 0 saturated carbocycles. The highest BCUT2D eigenvalue weighted by Gasteiger charge is 2.29. The van der Waals surface area contributed by atoms with E-state index >= 15 is 0 Å². The van der Waals surface area contributed by atoms with Gasteiger partial charge >= 0.3 is 0 Å². The van der Waals surface area contributed by atoms with Crippen molar-refractivity contribution in [3.05, 3.63) is 0 Å². The van der Waals surface area contributed by atoms with Crippen LogP contribution in [-0.2, 0) is 4.79 Å². The van der Waals surface area contributed by atoms with Crippen molar-refractivity contribution in [2.24, 2.45) is 0 Å². The summed E-state index contributed by atoms with van der Waals surface area (Å²) in [7, 11) is 0. The fourth-order valence-electron chi connectivity index (χ4n) is 2.42. The molecule has 0 aromatic carbocycles. The lowest BCUT2D eigenvalue weighted by atomic mass is 10.0. The van der Waals surface area contributed by atoms with Crippen LogP contribution in [0.15, 0.2) is 0 Å². The average Bonchev–Trinajstić information content (AvgIpc) is 2.16. The highest BCUT2D eigenvalue weighted by Crippen LogP contribution is 2.17. The third-order valence-electron chi connectivity index (χ3n) is 3.42. The molecule has 0 radical (unpaired) electrons. The Morgan fingerprint density at radius 3 is 2.73 bits per heavy atom. The topological polar surface area (TPSA) is 43.8 Å². The van der Waals surface area contributed by atoms with E-state index in [9.17, 15) is 4.79 Å². The van der Waals surface area contributed by atoms with Gasteiger partial charge in [-0.1, -0.05) is 0 Å². The molecule has 2 aliphatic rings. The van der Waals surface area contributed by atoms with Gasteiger partial charge in [-0.15, -0.1) is 0 Å². The third-order valence-corrected chi connectivity index (χ3v) is 3.42. The Morgan fingerprint density at radius 1 is 1.40 bits per heavy atom.